The minimum atomic E-state index is -0.412. The van der Waals surface area contributed by atoms with Gasteiger partial charge in [-0.15, -0.1) is 11.3 Å². The Morgan fingerprint density at radius 3 is 2.80 bits per heavy atom. The molecule has 4 aromatic rings. The summed E-state index contributed by atoms with van der Waals surface area (Å²) in [6.07, 6.45) is 0. The smallest absolute Gasteiger partial charge is 0.287 e. The number of hydrogen-bond donors (Lipinski definition) is 1. The van der Waals surface area contributed by atoms with E-state index >= 15 is 0 Å². The Balaban J connectivity index is 1.53. The van der Waals surface area contributed by atoms with Crippen LogP contribution in [0, 0.1) is 6.92 Å². The average molecular weight is 354 g/mol. The molecule has 3 aromatic heterocycles. The van der Waals surface area contributed by atoms with Crippen molar-refractivity contribution in [3.05, 3.63) is 53.9 Å². The van der Waals surface area contributed by atoms with Crippen LogP contribution in [0.5, 0.6) is 0 Å². The molecule has 8 heteroatoms. The number of carbonyl (C=O) groups is 1. The molecule has 0 bridgehead atoms. The summed E-state index contributed by atoms with van der Waals surface area (Å²) in [6.45, 7) is 3.49. The lowest BCUT2D eigenvalue weighted by Gasteiger charge is -2.07. The Morgan fingerprint density at radius 1 is 1.20 bits per heavy atom. The van der Waals surface area contributed by atoms with Crippen molar-refractivity contribution in [2.75, 3.05) is 0 Å². The summed E-state index contributed by atoms with van der Waals surface area (Å²) in [6, 6.07) is 10.8. The molecule has 0 aliphatic rings. The van der Waals surface area contributed by atoms with Crippen LogP contribution in [-0.2, 0) is 0 Å². The fourth-order valence-electron chi connectivity index (χ4n) is 2.37. The molecule has 0 aliphatic heterocycles. The van der Waals surface area contributed by atoms with Crippen LogP contribution in [0.4, 0.5) is 0 Å². The quantitative estimate of drug-likeness (QED) is 0.600. The van der Waals surface area contributed by atoms with Crippen molar-refractivity contribution >= 4 is 27.5 Å². The predicted molar refractivity (Wildman–Crippen MR) is 92.2 cm³/mol. The number of thiazole rings is 1. The van der Waals surface area contributed by atoms with Crippen LogP contribution in [0.25, 0.3) is 21.0 Å². The molecule has 1 aromatic carbocycles. The highest BCUT2D eigenvalue weighted by Crippen LogP contribution is 2.31. The molecule has 0 saturated heterocycles. The molecule has 7 nitrogen and oxygen atoms in total. The van der Waals surface area contributed by atoms with Crippen LogP contribution in [0.3, 0.4) is 0 Å². The van der Waals surface area contributed by atoms with Crippen molar-refractivity contribution < 1.29 is 13.7 Å². The first-order valence-electron chi connectivity index (χ1n) is 7.67. The van der Waals surface area contributed by atoms with E-state index in [1.165, 1.54) is 11.3 Å². The van der Waals surface area contributed by atoms with Crippen LogP contribution in [0.1, 0.15) is 35.2 Å². The van der Waals surface area contributed by atoms with Crippen molar-refractivity contribution in [3.63, 3.8) is 0 Å². The third kappa shape index (κ3) is 3.03. The first-order chi connectivity index (χ1) is 12.1. The van der Waals surface area contributed by atoms with Gasteiger partial charge in [0.1, 0.15) is 6.04 Å². The predicted octanol–water partition coefficient (Wildman–Crippen LogP) is 3.74. The molecule has 4 rings (SSSR count). The fourth-order valence-corrected chi connectivity index (χ4v) is 3.30. The van der Waals surface area contributed by atoms with Crippen molar-refractivity contribution in [3.8, 4) is 10.8 Å². The highest BCUT2D eigenvalue weighted by atomic mass is 32.1. The van der Waals surface area contributed by atoms with Gasteiger partial charge in [0.15, 0.2) is 22.4 Å². The van der Waals surface area contributed by atoms with Gasteiger partial charge in [0.05, 0.1) is 10.2 Å². The number of fused-ring (bicyclic) bond motifs is 1. The van der Waals surface area contributed by atoms with Crippen LogP contribution >= 0.6 is 11.3 Å². The lowest BCUT2D eigenvalue weighted by Crippen LogP contribution is -2.26. The lowest BCUT2D eigenvalue weighted by molar-refractivity contribution is 0.0905. The number of furan rings is 1. The first-order valence-corrected chi connectivity index (χ1v) is 8.48. The highest BCUT2D eigenvalue weighted by Gasteiger charge is 2.20. The van der Waals surface area contributed by atoms with Gasteiger partial charge in [-0.25, -0.2) is 4.98 Å². The zero-order chi connectivity index (χ0) is 17.4. The number of nitrogens with one attached hydrogen (secondary N) is 1. The number of hydrogen-bond acceptors (Lipinski definition) is 7. The molecule has 0 radical (unpaired) electrons. The average Bonchev–Trinajstić information content (AvgIpc) is 3.33. The standard InChI is InChI=1S/C17H14N4O3S/c1-9(16-19-10(2)21-24-16)18-15(22)12-7-8-13(23-12)17-20-11-5-3-4-6-14(11)25-17/h3-9H,1-2H3,(H,18,22). The number of para-hydroxylation sites is 1. The SMILES string of the molecule is Cc1noc(C(C)NC(=O)c2ccc(-c3nc4ccccc4s3)o2)n1. The molecule has 1 N–H and O–H groups in total. The first kappa shape index (κ1) is 15.5. The molecule has 0 saturated carbocycles. The summed E-state index contributed by atoms with van der Waals surface area (Å²) >= 11 is 1.52. The van der Waals surface area contributed by atoms with E-state index in [0.29, 0.717) is 17.5 Å². The zero-order valence-corrected chi connectivity index (χ0v) is 14.3. The normalized spacial score (nSPS) is 12.4. The maximum atomic E-state index is 12.3. The van der Waals surface area contributed by atoms with Crippen molar-refractivity contribution in [2.24, 2.45) is 0 Å². The minimum Gasteiger partial charge on any atom is -0.448 e. The molecule has 1 atom stereocenters. The second-order valence-electron chi connectivity index (χ2n) is 5.53. The summed E-state index contributed by atoms with van der Waals surface area (Å²) in [5.41, 5.74) is 0.908. The van der Waals surface area contributed by atoms with E-state index in [1.807, 2.05) is 24.3 Å². The molecular formula is C17H14N4O3S. The van der Waals surface area contributed by atoms with E-state index in [1.54, 1.807) is 26.0 Å². The zero-order valence-electron chi connectivity index (χ0n) is 13.5. The van der Waals surface area contributed by atoms with Crippen molar-refractivity contribution in [1.82, 2.24) is 20.4 Å². The number of aryl methyl sites for hydroxylation is 1. The van der Waals surface area contributed by atoms with Gasteiger partial charge in [-0.1, -0.05) is 17.3 Å². The number of rotatable bonds is 4. The topological polar surface area (TPSA) is 94.1 Å². The number of amides is 1. The van der Waals surface area contributed by atoms with Crippen LogP contribution < -0.4 is 5.32 Å². The number of aromatic nitrogens is 3. The van der Waals surface area contributed by atoms with Gasteiger partial charge in [-0.2, -0.15) is 4.98 Å². The van der Waals surface area contributed by atoms with E-state index < -0.39 is 6.04 Å². The Hall–Kier alpha value is -3.00. The molecule has 0 fully saturated rings. The lowest BCUT2D eigenvalue weighted by atomic mass is 10.3. The summed E-state index contributed by atoms with van der Waals surface area (Å²) < 4.78 is 11.8. The maximum absolute atomic E-state index is 12.3. The van der Waals surface area contributed by atoms with Gasteiger partial charge in [0.2, 0.25) is 5.89 Å². The summed E-state index contributed by atoms with van der Waals surface area (Å²) in [7, 11) is 0. The molecule has 0 spiro atoms. The van der Waals surface area contributed by atoms with E-state index in [-0.39, 0.29) is 11.7 Å². The van der Waals surface area contributed by atoms with Gasteiger partial charge < -0.3 is 14.3 Å². The molecule has 126 valence electrons. The summed E-state index contributed by atoms with van der Waals surface area (Å²) in [5, 5.41) is 7.22. The van der Waals surface area contributed by atoms with E-state index in [4.69, 9.17) is 8.94 Å². The number of nitrogens with zero attached hydrogens (tertiary/aromatic N) is 3. The Morgan fingerprint density at radius 2 is 2.04 bits per heavy atom. The number of carbonyl (C=O) groups excluding carboxylic acids is 1. The molecule has 1 amide bonds. The molecule has 0 aliphatic carbocycles. The van der Waals surface area contributed by atoms with Gasteiger partial charge in [-0.05, 0) is 38.1 Å². The third-order valence-electron chi connectivity index (χ3n) is 3.60. The van der Waals surface area contributed by atoms with Gasteiger partial charge in [0.25, 0.3) is 5.91 Å². The van der Waals surface area contributed by atoms with Crippen molar-refractivity contribution in [1.29, 1.82) is 0 Å². The Kier molecular flexibility index (Phi) is 3.81. The summed E-state index contributed by atoms with van der Waals surface area (Å²) in [4.78, 5) is 21.0. The monoisotopic (exact) mass is 354 g/mol. The van der Waals surface area contributed by atoms with Gasteiger partial charge >= 0.3 is 0 Å². The fraction of sp³-hybridized carbons (Fsp3) is 0.176. The van der Waals surface area contributed by atoms with Crippen LogP contribution in [0.15, 0.2) is 45.3 Å². The van der Waals surface area contributed by atoms with Gasteiger partial charge in [0, 0.05) is 0 Å². The second kappa shape index (κ2) is 6.14. The number of benzene rings is 1. The van der Waals surface area contributed by atoms with E-state index in [2.05, 4.69) is 20.4 Å². The third-order valence-corrected chi connectivity index (χ3v) is 4.65. The minimum absolute atomic E-state index is 0.206. The highest BCUT2D eigenvalue weighted by molar-refractivity contribution is 7.21. The largest absolute Gasteiger partial charge is 0.448 e. The van der Waals surface area contributed by atoms with Crippen LogP contribution in [0.2, 0.25) is 0 Å². The van der Waals surface area contributed by atoms with Crippen LogP contribution in [-0.4, -0.2) is 21.0 Å². The van der Waals surface area contributed by atoms with Gasteiger partial charge in [-0.3, -0.25) is 4.79 Å². The Bertz CT molecular complexity index is 1020. The molecule has 1 unspecified atom stereocenters. The van der Waals surface area contributed by atoms with Crippen molar-refractivity contribution in [2.45, 2.75) is 19.9 Å². The Labute approximate surface area is 146 Å². The molecular weight excluding hydrogens is 340 g/mol. The molecule has 3 heterocycles. The van der Waals surface area contributed by atoms with E-state index in [9.17, 15) is 4.79 Å². The maximum Gasteiger partial charge on any atom is 0.287 e. The summed E-state index contributed by atoms with van der Waals surface area (Å²) in [5.74, 6) is 1.29. The second-order valence-corrected chi connectivity index (χ2v) is 6.56. The van der Waals surface area contributed by atoms with E-state index in [0.717, 1.165) is 15.2 Å². The molecule has 25 heavy (non-hydrogen) atoms.